The maximum absolute atomic E-state index is 12.8. The molecule has 0 spiro atoms. The number of nitrogens with one attached hydrogen (secondary N) is 1. The van der Waals surface area contributed by atoms with E-state index in [0.717, 1.165) is 57.8 Å². The van der Waals surface area contributed by atoms with Crippen molar-refractivity contribution in [3.63, 3.8) is 0 Å². The number of amides is 1. The Morgan fingerprint density at radius 3 is 1.67 bits per heavy atom. The zero-order chi connectivity index (χ0) is 40.7. The third-order valence-corrected chi connectivity index (χ3v) is 9.83. The molecule has 3 N–H and O–H groups in total. The Labute approximate surface area is 337 Å². The van der Waals surface area contributed by atoms with Gasteiger partial charge in [-0.25, -0.2) is 4.57 Å². The van der Waals surface area contributed by atoms with Gasteiger partial charge in [-0.15, -0.1) is 0 Å². The highest BCUT2D eigenvalue weighted by molar-refractivity contribution is 7.47. The van der Waals surface area contributed by atoms with Crippen molar-refractivity contribution in [3.8, 4) is 0 Å². The molecular weight excluding hydrogens is 707 g/mol. The first-order chi connectivity index (χ1) is 26.5. The van der Waals surface area contributed by atoms with Crippen molar-refractivity contribution in [2.24, 2.45) is 0 Å². The lowest BCUT2D eigenvalue weighted by Crippen LogP contribution is -2.45. The number of hydrogen-bond donors (Lipinski definition) is 3. The number of quaternary nitrogens is 1. The predicted octanol–water partition coefficient (Wildman–Crippen LogP) is 11.8. The average molecular weight is 790 g/mol. The van der Waals surface area contributed by atoms with Gasteiger partial charge in [0, 0.05) is 6.42 Å². The summed E-state index contributed by atoms with van der Waals surface area (Å²) in [6.45, 7) is 4.60. The van der Waals surface area contributed by atoms with Crippen molar-refractivity contribution in [2.45, 2.75) is 161 Å². The highest BCUT2D eigenvalue weighted by Crippen LogP contribution is 2.43. The normalized spacial score (nSPS) is 15.3. The number of allylic oxidation sites excluding steroid dienone is 13. The third kappa shape index (κ3) is 39.7. The van der Waals surface area contributed by atoms with Crippen LogP contribution in [0.2, 0.25) is 0 Å². The number of unbranched alkanes of at least 4 members (excludes halogenated alkanes) is 12. The van der Waals surface area contributed by atoms with Crippen LogP contribution in [0.3, 0.4) is 0 Å². The molecule has 3 unspecified atom stereocenters. The summed E-state index contributed by atoms with van der Waals surface area (Å²) in [6, 6.07) is -0.896. The van der Waals surface area contributed by atoms with Crippen LogP contribution in [0, 0.1) is 0 Å². The summed E-state index contributed by atoms with van der Waals surface area (Å²) in [4.78, 5) is 23.1. The molecule has 0 saturated heterocycles. The van der Waals surface area contributed by atoms with E-state index in [-0.39, 0.29) is 25.5 Å². The number of phosphoric acid groups is 1. The first-order valence-electron chi connectivity index (χ1n) is 21.5. The van der Waals surface area contributed by atoms with Crippen molar-refractivity contribution in [3.05, 3.63) is 85.1 Å². The van der Waals surface area contributed by atoms with E-state index >= 15 is 0 Å². The fraction of sp³-hybridized carbons (Fsp3) is 0.674. The minimum atomic E-state index is -4.36. The predicted molar refractivity (Wildman–Crippen MR) is 235 cm³/mol. The van der Waals surface area contributed by atoms with Crippen LogP contribution in [-0.4, -0.2) is 73.4 Å². The molecule has 8 nitrogen and oxygen atoms in total. The van der Waals surface area contributed by atoms with E-state index < -0.39 is 20.0 Å². The number of carbonyl (C=O) groups excluding carboxylic acids is 1. The average Bonchev–Trinajstić information content (AvgIpc) is 3.13. The first kappa shape index (κ1) is 52.7. The molecule has 0 aliphatic carbocycles. The molecule has 3 atom stereocenters. The molecule has 0 rings (SSSR count). The largest absolute Gasteiger partial charge is 0.472 e. The van der Waals surface area contributed by atoms with Crippen LogP contribution in [0.15, 0.2) is 85.1 Å². The number of nitrogens with zero attached hydrogens (tertiary/aromatic N) is 1. The second-order valence-corrected chi connectivity index (χ2v) is 16.8. The van der Waals surface area contributed by atoms with Crippen molar-refractivity contribution < 1.29 is 32.9 Å². The van der Waals surface area contributed by atoms with Crippen LogP contribution in [0.1, 0.15) is 149 Å². The Kier molecular flexibility index (Phi) is 35.7. The lowest BCUT2D eigenvalue weighted by molar-refractivity contribution is -0.870. The summed E-state index contributed by atoms with van der Waals surface area (Å²) in [6.07, 6.45) is 50.9. The van der Waals surface area contributed by atoms with Gasteiger partial charge in [-0.3, -0.25) is 13.8 Å². The van der Waals surface area contributed by atoms with E-state index in [1.54, 1.807) is 6.08 Å². The van der Waals surface area contributed by atoms with Crippen LogP contribution >= 0.6 is 7.82 Å². The van der Waals surface area contributed by atoms with E-state index in [0.29, 0.717) is 17.4 Å². The van der Waals surface area contributed by atoms with Gasteiger partial charge in [0.2, 0.25) is 5.91 Å². The molecule has 0 aliphatic heterocycles. The highest BCUT2D eigenvalue weighted by Gasteiger charge is 2.27. The Morgan fingerprint density at radius 2 is 1.11 bits per heavy atom. The number of rotatable bonds is 37. The summed E-state index contributed by atoms with van der Waals surface area (Å²) in [5, 5.41) is 13.7. The van der Waals surface area contributed by atoms with Crippen molar-refractivity contribution in [2.75, 3.05) is 40.9 Å². The van der Waals surface area contributed by atoms with Gasteiger partial charge in [-0.1, -0.05) is 157 Å². The van der Waals surface area contributed by atoms with Gasteiger partial charge in [0.05, 0.1) is 39.9 Å². The highest BCUT2D eigenvalue weighted by atomic mass is 31.2. The summed E-state index contributed by atoms with van der Waals surface area (Å²) in [5.41, 5.74) is 0. The maximum atomic E-state index is 12.8. The molecule has 0 aromatic heterocycles. The Balaban J connectivity index is 4.64. The van der Waals surface area contributed by atoms with Crippen molar-refractivity contribution >= 4 is 13.7 Å². The second-order valence-electron chi connectivity index (χ2n) is 15.3. The number of phosphoric ester groups is 1. The van der Waals surface area contributed by atoms with Gasteiger partial charge >= 0.3 is 7.82 Å². The monoisotopic (exact) mass is 790 g/mol. The van der Waals surface area contributed by atoms with Gasteiger partial charge in [-0.2, -0.15) is 0 Å². The second kappa shape index (κ2) is 37.3. The molecule has 0 aromatic carbocycles. The van der Waals surface area contributed by atoms with Gasteiger partial charge < -0.3 is 19.8 Å². The van der Waals surface area contributed by atoms with Crippen LogP contribution < -0.4 is 5.32 Å². The van der Waals surface area contributed by atoms with Gasteiger partial charge in [0.1, 0.15) is 13.2 Å². The van der Waals surface area contributed by atoms with Gasteiger partial charge in [0.25, 0.3) is 0 Å². The Morgan fingerprint density at radius 1 is 0.636 bits per heavy atom. The SMILES string of the molecule is CC/C=C\C/C=C\C/C=C\C/C=C\C/C=C\CCCC(=O)NC(COP(=O)(O)OCC[N+](C)(C)C)C(O)/C=C/CC/C=C/CCCCCCCCCCCC. The quantitative estimate of drug-likeness (QED) is 0.0251. The maximum Gasteiger partial charge on any atom is 0.472 e. The number of hydrogen-bond acceptors (Lipinski definition) is 5. The zero-order valence-corrected chi connectivity index (χ0v) is 36.5. The summed E-state index contributed by atoms with van der Waals surface area (Å²) in [5.74, 6) is -0.248. The van der Waals surface area contributed by atoms with E-state index in [1.165, 1.54) is 64.2 Å². The first-order valence-corrected chi connectivity index (χ1v) is 23.0. The molecule has 0 bridgehead atoms. The van der Waals surface area contributed by atoms with Crippen LogP contribution in [-0.2, 0) is 18.4 Å². The summed E-state index contributed by atoms with van der Waals surface area (Å²) >= 11 is 0. The van der Waals surface area contributed by atoms with Crippen LogP contribution in [0.25, 0.3) is 0 Å². The fourth-order valence-electron chi connectivity index (χ4n) is 5.44. The molecule has 0 radical (unpaired) electrons. The van der Waals surface area contributed by atoms with Gasteiger partial charge in [0.15, 0.2) is 0 Å². The third-order valence-electron chi connectivity index (χ3n) is 8.85. The van der Waals surface area contributed by atoms with Crippen LogP contribution in [0.4, 0.5) is 0 Å². The van der Waals surface area contributed by atoms with Crippen LogP contribution in [0.5, 0.6) is 0 Å². The molecular formula is C46H82N2O6P+. The number of likely N-dealkylation sites (N-methyl/N-ethyl adjacent to an activating group) is 1. The minimum absolute atomic E-state index is 0.0409. The molecule has 55 heavy (non-hydrogen) atoms. The lowest BCUT2D eigenvalue weighted by atomic mass is 10.1. The minimum Gasteiger partial charge on any atom is -0.387 e. The van der Waals surface area contributed by atoms with Gasteiger partial charge in [-0.05, 0) is 70.6 Å². The van der Waals surface area contributed by atoms with E-state index in [4.69, 9.17) is 9.05 Å². The zero-order valence-electron chi connectivity index (χ0n) is 35.6. The van der Waals surface area contributed by atoms with E-state index in [1.807, 2.05) is 27.2 Å². The molecule has 0 heterocycles. The Hall–Kier alpha value is -2.32. The summed E-state index contributed by atoms with van der Waals surface area (Å²) in [7, 11) is 1.50. The number of aliphatic hydroxyl groups excluding tert-OH is 1. The lowest BCUT2D eigenvalue weighted by Gasteiger charge is -2.25. The standard InChI is InChI=1S/C46H81N2O6P/c1-6-8-10-12-14-16-18-20-22-24-26-28-30-32-34-36-38-40-46(50)47-44(43-54-55(51,52)53-42-41-48(3,4)5)45(49)39-37-35-33-31-29-27-25-23-21-19-17-15-13-11-9-7-2/h8,10,14,16,20,22,26,28-29,31-32,34,37,39,44-45,49H,6-7,9,11-13,15,17-19,21,23-25,27,30,33,35-36,38,40-43H2,1-5H3,(H-,47,50,51,52)/p+1/b10-8-,16-14-,22-20-,28-26-,31-29+,34-32-,39-37+. The van der Waals surface area contributed by atoms with Crippen molar-refractivity contribution in [1.29, 1.82) is 0 Å². The fourth-order valence-corrected chi connectivity index (χ4v) is 6.18. The van der Waals surface area contributed by atoms with E-state index in [2.05, 4.69) is 92.1 Å². The number of aliphatic hydroxyl groups is 1. The topological polar surface area (TPSA) is 105 Å². The molecule has 0 aromatic rings. The Bertz CT molecular complexity index is 1170. The smallest absolute Gasteiger partial charge is 0.387 e. The van der Waals surface area contributed by atoms with E-state index in [9.17, 15) is 19.4 Å². The van der Waals surface area contributed by atoms with Crippen molar-refractivity contribution in [1.82, 2.24) is 5.32 Å². The molecule has 1 amide bonds. The number of carbonyl (C=O) groups is 1. The molecule has 316 valence electrons. The molecule has 0 fully saturated rings. The molecule has 9 heteroatoms. The molecule has 0 saturated carbocycles. The molecule has 0 aliphatic rings. The summed E-state index contributed by atoms with van der Waals surface area (Å²) < 4.78 is 23.5.